The number of ether oxygens (including phenoxy) is 2. The highest BCUT2D eigenvalue weighted by Crippen LogP contribution is 2.38. The van der Waals surface area contributed by atoms with Crippen molar-refractivity contribution in [3.8, 4) is 11.7 Å². The summed E-state index contributed by atoms with van der Waals surface area (Å²) in [7, 11) is 2.99. The zero-order valence-electron chi connectivity index (χ0n) is 8.94. The molecular formula is C11H11NO4. The maximum atomic E-state index is 11.0. The molecular weight excluding hydrogens is 210 g/mol. The van der Waals surface area contributed by atoms with Gasteiger partial charge in [0.25, 0.3) is 0 Å². The van der Waals surface area contributed by atoms with Gasteiger partial charge in [-0.05, 0) is 18.2 Å². The minimum atomic E-state index is -0.496. The van der Waals surface area contributed by atoms with Crippen LogP contribution in [0, 0.1) is 0 Å². The minimum Gasteiger partial charge on any atom is -0.489 e. The molecule has 0 aliphatic rings. The molecule has 0 spiro atoms. The Balaban J connectivity index is 2.70. The Morgan fingerprint density at radius 2 is 2.06 bits per heavy atom. The first kappa shape index (κ1) is 10.4. The molecule has 0 aliphatic heterocycles. The second kappa shape index (κ2) is 3.77. The Kier molecular flexibility index (Phi) is 2.44. The van der Waals surface area contributed by atoms with Crippen LogP contribution < -0.4 is 15.2 Å². The number of amides is 1. The van der Waals surface area contributed by atoms with E-state index in [0.29, 0.717) is 22.3 Å². The van der Waals surface area contributed by atoms with Gasteiger partial charge in [-0.3, -0.25) is 4.79 Å². The number of benzene rings is 1. The van der Waals surface area contributed by atoms with Gasteiger partial charge in [0.05, 0.1) is 19.6 Å². The van der Waals surface area contributed by atoms with Gasteiger partial charge in [-0.25, -0.2) is 0 Å². The minimum absolute atomic E-state index is 0.277. The summed E-state index contributed by atoms with van der Waals surface area (Å²) in [5.74, 6) is 0.240. The van der Waals surface area contributed by atoms with Crippen molar-refractivity contribution < 1.29 is 18.7 Å². The van der Waals surface area contributed by atoms with Gasteiger partial charge in [-0.2, -0.15) is 0 Å². The van der Waals surface area contributed by atoms with Crippen LogP contribution in [0.5, 0.6) is 11.7 Å². The van der Waals surface area contributed by atoms with Crippen molar-refractivity contribution in [1.82, 2.24) is 0 Å². The van der Waals surface area contributed by atoms with E-state index < -0.39 is 5.91 Å². The smallest absolute Gasteiger partial charge is 0.329 e. The van der Waals surface area contributed by atoms with Crippen molar-refractivity contribution >= 4 is 16.9 Å². The summed E-state index contributed by atoms with van der Waals surface area (Å²) in [6.45, 7) is 0. The molecule has 2 N–H and O–H groups in total. The lowest BCUT2D eigenvalue weighted by molar-refractivity contribution is 0.100. The second-order valence-electron chi connectivity index (χ2n) is 3.20. The molecule has 0 saturated carbocycles. The molecule has 0 radical (unpaired) electrons. The molecule has 84 valence electrons. The number of rotatable bonds is 3. The fourth-order valence-electron chi connectivity index (χ4n) is 1.53. The molecule has 1 aromatic heterocycles. The quantitative estimate of drug-likeness (QED) is 0.853. The van der Waals surface area contributed by atoms with Crippen molar-refractivity contribution in [2.45, 2.75) is 0 Å². The number of hydrogen-bond donors (Lipinski definition) is 1. The highest BCUT2D eigenvalue weighted by Gasteiger charge is 2.16. The standard InChI is InChI=1S/C11H11NO4/c1-14-9-7-5-6(10(12)13)3-4-8(7)16-11(9)15-2/h3-5H,1-2H3,(H2,12,13). The van der Waals surface area contributed by atoms with E-state index >= 15 is 0 Å². The van der Waals surface area contributed by atoms with Gasteiger partial charge in [0.15, 0.2) is 0 Å². The number of nitrogens with two attached hydrogens (primary N) is 1. The van der Waals surface area contributed by atoms with Crippen molar-refractivity contribution in [3.05, 3.63) is 23.8 Å². The largest absolute Gasteiger partial charge is 0.489 e. The molecule has 1 amide bonds. The molecule has 0 bridgehead atoms. The molecule has 0 fully saturated rings. The topological polar surface area (TPSA) is 74.7 Å². The Morgan fingerprint density at radius 1 is 1.31 bits per heavy atom. The Hall–Kier alpha value is -2.17. The zero-order chi connectivity index (χ0) is 11.7. The van der Waals surface area contributed by atoms with Gasteiger partial charge in [0.2, 0.25) is 11.7 Å². The van der Waals surface area contributed by atoms with Crippen LogP contribution in [0.15, 0.2) is 22.6 Å². The third-order valence-corrected chi connectivity index (χ3v) is 2.29. The van der Waals surface area contributed by atoms with Crippen molar-refractivity contribution in [1.29, 1.82) is 0 Å². The number of carbonyl (C=O) groups is 1. The van der Waals surface area contributed by atoms with Crippen LogP contribution in [-0.2, 0) is 0 Å². The van der Waals surface area contributed by atoms with Crippen LogP contribution >= 0.6 is 0 Å². The lowest BCUT2D eigenvalue weighted by atomic mass is 10.1. The fraction of sp³-hybridized carbons (Fsp3) is 0.182. The van der Waals surface area contributed by atoms with E-state index in [1.54, 1.807) is 18.2 Å². The first-order valence-electron chi connectivity index (χ1n) is 4.61. The molecule has 1 aromatic carbocycles. The normalized spacial score (nSPS) is 10.4. The summed E-state index contributed by atoms with van der Waals surface area (Å²) in [5, 5.41) is 0.663. The van der Waals surface area contributed by atoms with Crippen LogP contribution in [0.4, 0.5) is 0 Å². The molecule has 0 saturated heterocycles. The maximum Gasteiger partial charge on any atom is 0.329 e. The van der Waals surface area contributed by atoms with Crippen molar-refractivity contribution in [2.24, 2.45) is 5.73 Å². The monoisotopic (exact) mass is 221 g/mol. The number of carbonyl (C=O) groups excluding carboxylic acids is 1. The zero-order valence-corrected chi connectivity index (χ0v) is 8.94. The molecule has 5 nitrogen and oxygen atoms in total. The highest BCUT2D eigenvalue weighted by atomic mass is 16.6. The summed E-state index contributed by atoms with van der Waals surface area (Å²) in [6.07, 6.45) is 0. The Bertz CT molecular complexity index is 544. The van der Waals surface area contributed by atoms with Gasteiger partial charge in [0, 0.05) is 5.56 Å². The number of methoxy groups -OCH3 is 2. The molecule has 0 atom stereocenters. The summed E-state index contributed by atoms with van der Waals surface area (Å²) in [4.78, 5) is 11.0. The molecule has 1 heterocycles. The first-order chi connectivity index (χ1) is 7.67. The summed E-state index contributed by atoms with van der Waals surface area (Å²) in [5.41, 5.74) is 6.17. The fourth-order valence-corrected chi connectivity index (χ4v) is 1.53. The van der Waals surface area contributed by atoms with Crippen LogP contribution in [-0.4, -0.2) is 20.1 Å². The molecule has 0 unspecified atom stereocenters. The highest BCUT2D eigenvalue weighted by molar-refractivity contribution is 5.98. The summed E-state index contributed by atoms with van der Waals surface area (Å²) >= 11 is 0. The van der Waals surface area contributed by atoms with Crippen molar-refractivity contribution in [3.63, 3.8) is 0 Å². The predicted octanol–water partition coefficient (Wildman–Crippen LogP) is 1.55. The molecule has 2 rings (SSSR count). The summed E-state index contributed by atoms with van der Waals surface area (Å²) in [6, 6.07) is 4.86. The van der Waals surface area contributed by atoms with Gasteiger partial charge in [-0.15, -0.1) is 0 Å². The van der Waals surface area contributed by atoms with Gasteiger partial charge in [0.1, 0.15) is 5.58 Å². The summed E-state index contributed by atoms with van der Waals surface area (Å²) < 4.78 is 15.5. The van der Waals surface area contributed by atoms with E-state index in [0.717, 1.165) is 0 Å². The molecule has 5 heteroatoms. The number of primary amides is 1. The van der Waals surface area contributed by atoms with E-state index in [-0.39, 0.29) is 5.95 Å². The molecule has 2 aromatic rings. The van der Waals surface area contributed by atoms with Gasteiger partial charge in [-0.1, -0.05) is 0 Å². The second-order valence-corrected chi connectivity index (χ2v) is 3.20. The number of hydrogen-bond acceptors (Lipinski definition) is 4. The lowest BCUT2D eigenvalue weighted by Crippen LogP contribution is -2.10. The maximum absolute atomic E-state index is 11.0. The predicted molar refractivity (Wildman–Crippen MR) is 57.8 cm³/mol. The molecule has 16 heavy (non-hydrogen) atoms. The van der Waals surface area contributed by atoms with Gasteiger partial charge < -0.3 is 19.6 Å². The van der Waals surface area contributed by atoms with E-state index in [2.05, 4.69) is 0 Å². The van der Waals surface area contributed by atoms with Crippen LogP contribution in [0.1, 0.15) is 10.4 Å². The number of furan rings is 1. The Morgan fingerprint density at radius 3 is 2.62 bits per heavy atom. The van der Waals surface area contributed by atoms with E-state index in [1.165, 1.54) is 14.2 Å². The average molecular weight is 221 g/mol. The van der Waals surface area contributed by atoms with E-state index in [4.69, 9.17) is 19.6 Å². The van der Waals surface area contributed by atoms with Crippen molar-refractivity contribution in [2.75, 3.05) is 14.2 Å². The van der Waals surface area contributed by atoms with Gasteiger partial charge >= 0.3 is 5.95 Å². The SMILES string of the molecule is COc1oc2ccc(C(N)=O)cc2c1OC. The van der Waals surface area contributed by atoms with E-state index in [1.807, 2.05) is 0 Å². The average Bonchev–Trinajstić information content (AvgIpc) is 2.65. The van der Waals surface area contributed by atoms with E-state index in [9.17, 15) is 4.79 Å². The van der Waals surface area contributed by atoms with Crippen LogP contribution in [0.3, 0.4) is 0 Å². The molecule has 0 aliphatic carbocycles. The number of fused-ring (bicyclic) bond motifs is 1. The third kappa shape index (κ3) is 1.46. The van der Waals surface area contributed by atoms with Crippen LogP contribution in [0.2, 0.25) is 0 Å². The first-order valence-corrected chi connectivity index (χ1v) is 4.61. The lowest BCUT2D eigenvalue weighted by Gasteiger charge is -1.99. The van der Waals surface area contributed by atoms with Crippen LogP contribution in [0.25, 0.3) is 11.0 Å². The Labute approximate surface area is 91.7 Å². The third-order valence-electron chi connectivity index (χ3n) is 2.29.